The topological polar surface area (TPSA) is 105 Å². The molecule has 8 nitrogen and oxygen atoms in total. The van der Waals surface area contributed by atoms with E-state index in [1.54, 1.807) is 6.92 Å². The van der Waals surface area contributed by atoms with Crippen LogP contribution in [0, 0.1) is 13.8 Å². The molecule has 0 unspecified atom stereocenters. The Balaban J connectivity index is 1.75. The van der Waals surface area contributed by atoms with Crippen LogP contribution < -0.4 is 10.0 Å². The highest BCUT2D eigenvalue weighted by atomic mass is 32.2. The first kappa shape index (κ1) is 22.1. The number of rotatable bonds is 10. The van der Waals surface area contributed by atoms with Gasteiger partial charge in [-0.15, -0.1) is 0 Å². The normalized spacial score (nSPS) is 12.9. The summed E-state index contributed by atoms with van der Waals surface area (Å²) in [4.78, 5) is 14.4. The van der Waals surface area contributed by atoms with Gasteiger partial charge in [0.15, 0.2) is 5.76 Å². The van der Waals surface area contributed by atoms with Gasteiger partial charge in [-0.05, 0) is 46.3 Å². The highest BCUT2D eigenvalue weighted by molar-refractivity contribution is 7.89. The monoisotopic (exact) mass is 408 g/mol. The molecular formula is C19H28N4O4S. The van der Waals surface area contributed by atoms with Crippen molar-refractivity contribution >= 4 is 15.9 Å². The average molecular weight is 409 g/mol. The van der Waals surface area contributed by atoms with Gasteiger partial charge >= 0.3 is 0 Å². The van der Waals surface area contributed by atoms with E-state index in [9.17, 15) is 13.2 Å². The zero-order chi connectivity index (χ0) is 20.7. The van der Waals surface area contributed by atoms with E-state index in [4.69, 9.17) is 4.52 Å². The van der Waals surface area contributed by atoms with E-state index in [2.05, 4.69) is 32.2 Å². The summed E-state index contributed by atoms with van der Waals surface area (Å²) in [5.41, 5.74) is 1.50. The third-order valence-electron chi connectivity index (χ3n) is 4.27. The molecule has 154 valence electrons. The number of amides is 1. The van der Waals surface area contributed by atoms with Gasteiger partial charge in [0.05, 0.1) is 6.04 Å². The number of carbonyl (C=O) groups is 1. The van der Waals surface area contributed by atoms with Crippen molar-refractivity contribution in [2.45, 2.75) is 44.7 Å². The standard InChI is InChI=1S/C19H28N4O4S/c1-14-18(16(3)27-21-14)28(25,26)22-15(2)19(24)20-11-8-12-23(4)13-17-9-6-5-7-10-17/h5-7,9-10,15,22H,8,11-13H2,1-4H3,(H,20,24)/t15-/m0/s1. The zero-order valence-corrected chi connectivity index (χ0v) is 17.5. The quantitative estimate of drug-likeness (QED) is 0.579. The van der Waals surface area contributed by atoms with Crippen LogP contribution in [0.4, 0.5) is 0 Å². The summed E-state index contributed by atoms with van der Waals surface area (Å²) in [7, 11) is -1.85. The van der Waals surface area contributed by atoms with Crippen molar-refractivity contribution in [1.82, 2.24) is 20.1 Å². The molecular weight excluding hydrogens is 380 g/mol. The van der Waals surface area contributed by atoms with Crippen molar-refractivity contribution in [1.29, 1.82) is 0 Å². The maximum Gasteiger partial charge on any atom is 0.246 e. The van der Waals surface area contributed by atoms with Crippen molar-refractivity contribution in [3.8, 4) is 0 Å². The molecule has 1 aromatic carbocycles. The summed E-state index contributed by atoms with van der Waals surface area (Å²) in [5, 5.41) is 6.41. The van der Waals surface area contributed by atoms with E-state index in [-0.39, 0.29) is 22.3 Å². The zero-order valence-electron chi connectivity index (χ0n) is 16.7. The lowest BCUT2D eigenvalue weighted by atomic mass is 10.2. The molecule has 1 aromatic heterocycles. The maximum atomic E-state index is 12.4. The number of nitrogens with zero attached hydrogens (tertiary/aromatic N) is 2. The fourth-order valence-corrected chi connectivity index (χ4v) is 4.42. The number of aromatic nitrogens is 1. The number of sulfonamides is 1. The number of hydrogen-bond donors (Lipinski definition) is 2. The van der Waals surface area contributed by atoms with Crippen LogP contribution in [-0.4, -0.2) is 50.6 Å². The molecule has 1 amide bonds. The molecule has 9 heteroatoms. The molecule has 1 atom stereocenters. The molecule has 0 saturated heterocycles. The van der Waals surface area contributed by atoms with Crippen LogP contribution in [-0.2, 0) is 21.4 Å². The molecule has 0 bridgehead atoms. The van der Waals surface area contributed by atoms with Crippen molar-refractivity contribution in [2.75, 3.05) is 20.1 Å². The second kappa shape index (κ2) is 9.81. The molecule has 2 rings (SSSR count). The fourth-order valence-electron chi connectivity index (χ4n) is 2.89. The third kappa shape index (κ3) is 6.15. The van der Waals surface area contributed by atoms with Crippen LogP contribution in [0.25, 0.3) is 0 Å². The predicted molar refractivity (Wildman–Crippen MR) is 106 cm³/mol. The number of carbonyl (C=O) groups excluding carboxylic acids is 1. The van der Waals surface area contributed by atoms with Gasteiger partial charge in [-0.2, -0.15) is 4.72 Å². The molecule has 0 aliphatic heterocycles. The third-order valence-corrected chi connectivity index (χ3v) is 6.06. The smallest absolute Gasteiger partial charge is 0.246 e. The number of nitrogens with one attached hydrogen (secondary N) is 2. The Kier molecular flexibility index (Phi) is 7.73. The van der Waals surface area contributed by atoms with E-state index in [1.165, 1.54) is 19.4 Å². The highest BCUT2D eigenvalue weighted by Gasteiger charge is 2.27. The second-order valence-corrected chi connectivity index (χ2v) is 8.52. The predicted octanol–water partition coefficient (Wildman–Crippen LogP) is 1.60. The molecule has 0 aliphatic rings. The molecule has 1 heterocycles. The van der Waals surface area contributed by atoms with E-state index >= 15 is 0 Å². The Labute approximate surface area is 166 Å². The van der Waals surface area contributed by atoms with Crippen molar-refractivity contribution in [2.24, 2.45) is 0 Å². The first-order chi connectivity index (χ1) is 13.2. The summed E-state index contributed by atoms with van der Waals surface area (Å²) in [6.07, 6.45) is 0.762. The van der Waals surface area contributed by atoms with Crippen LogP contribution >= 0.6 is 0 Å². The summed E-state index contributed by atoms with van der Waals surface area (Å²) in [6.45, 7) is 6.69. The Morgan fingerprint density at radius 1 is 1.25 bits per heavy atom. The van der Waals surface area contributed by atoms with Gasteiger partial charge in [0.2, 0.25) is 15.9 Å². The molecule has 2 N–H and O–H groups in total. The van der Waals surface area contributed by atoms with Crippen LogP contribution in [0.15, 0.2) is 39.8 Å². The van der Waals surface area contributed by atoms with E-state index in [0.29, 0.717) is 6.54 Å². The van der Waals surface area contributed by atoms with E-state index < -0.39 is 16.1 Å². The number of benzene rings is 1. The van der Waals surface area contributed by atoms with Gasteiger partial charge in [0.25, 0.3) is 0 Å². The summed E-state index contributed by atoms with van der Waals surface area (Å²) in [6, 6.07) is 9.25. The number of hydrogen-bond acceptors (Lipinski definition) is 6. The van der Waals surface area contributed by atoms with Gasteiger partial charge in [0, 0.05) is 13.1 Å². The van der Waals surface area contributed by atoms with Crippen molar-refractivity contribution in [3.05, 3.63) is 47.3 Å². The van der Waals surface area contributed by atoms with Crippen LogP contribution in [0.1, 0.15) is 30.4 Å². The molecule has 0 aliphatic carbocycles. The minimum Gasteiger partial charge on any atom is -0.360 e. The molecule has 0 spiro atoms. The van der Waals surface area contributed by atoms with Gasteiger partial charge in [-0.3, -0.25) is 4.79 Å². The summed E-state index contributed by atoms with van der Waals surface area (Å²) >= 11 is 0. The summed E-state index contributed by atoms with van der Waals surface area (Å²) < 4.78 is 32.2. The molecule has 0 radical (unpaired) electrons. The molecule has 28 heavy (non-hydrogen) atoms. The second-order valence-electron chi connectivity index (χ2n) is 6.86. The van der Waals surface area contributed by atoms with E-state index in [1.807, 2.05) is 25.2 Å². The molecule has 2 aromatic rings. The summed E-state index contributed by atoms with van der Waals surface area (Å²) in [5.74, 6) is -0.180. The lowest BCUT2D eigenvalue weighted by Crippen LogP contribution is -2.45. The largest absolute Gasteiger partial charge is 0.360 e. The highest BCUT2D eigenvalue weighted by Crippen LogP contribution is 2.18. The minimum atomic E-state index is -3.88. The first-order valence-electron chi connectivity index (χ1n) is 9.16. The Morgan fingerprint density at radius 2 is 1.93 bits per heavy atom. The minimum absolute atomic E-state index is 0.0188. The number of aryl methyl sites for hydroxylation is 2. The molecule has 0 saturated carbocycles. The molecule has 0 fully saturated rings. The van der Waals surface area contributed by atoms with Crippen molar-refractivity contribution in [3.63, 3.8) is 0 Å². The first-order valence-corrected chi connectivity index (χ1v) is 10.6. The Bertz CT molecular complexity index is 861. The SMILES string of the molecule is Cc1noc(C)c1S(=O)(=O)N[C@@H](C)C(=O)NCCCN(C)Cc1ccccc1. The lowest BCUT2D eigenvalue weighted by molar-refractivity contribution is -0.122. The maximum absolute atomic E-state index is 12.4. The van der Waals surface area contributed by atoms with Gasteiger partial charge < -0.3 is 14.7 Å². The fraction of sp³-hybridized carbons (Fsp3) is 0.474. The lowest BCUT2D eigenvalue weighted by Gasteiger charge is -2.18. The van der Waals surface area contributed by atoms with Gasteiger partial charge in [-0.25, -0.2) is 8.42 Å². The van der Waals surface area contributed by atoms with Gasteiger partial charge in [0.1, 0.15) is 10.6 Å². The van der Waals surface area contributed by atoms with Crippen LogP contribution in [0.5, 0.6) is 0 Å². The van der Waals surface area contributed by atoms with Crippen molar-refractivity contribution < 1.29 is 17.7 Å². The van der Waals surface area contributed by atoms with Crippen LogP contribution in [0.3, 0.4) is 0 Å². The Hall–Kier alpha value is -2.23. The van der Waals surface area contributed by atoms with Gasteiger partial charge in [-0.1, -0.05) is 35.5 Å². The average Bonchev–Trinajstić information content (AvgIpc) is 2.98. The van der Waals surface area contributed by atoms with Crippen LogP contribution in [0.2, 0.25) is 0 Å². The Morgan fingerprint density at radius 3 is 2.54 bits per heavy atom. The van der Waals surface area contributed by atoms with E-state index in [0.717, 1.165) is 19.5 Å².